The van der Waals surface area contributed by atoms with E-state index in [0.717, 1.165) is 12.3 Å². The Hall–Kier alpha value is -0.0800. The van der Waals surface area contributed by atoms with E-state index >= 15 is 0 Å². The molecular formula is C30H52O2. The van der Waals surface area contributed by atoms with Gasteiger partial charge in [0.1, 0.15) is 0 Å². The summed E-state index contributed by atoms with van der Waals surface area (Å²) in [4.78, 5) is 0. The van der Waals surface area contributed by atoms with Gasteiger partial charge in [-0.1, -0.05) is 48.0 Å². The van der Waals surface area contributed by atoms with E-state index in [2.05, 4.69) is 55.4 Å². The smallest absolute Gasteiger partial charge is 0.0695 e. The Morgan fingerprint density at radius 2 is 1.09 bits per heavy atom. The number of hydrogen-bond donors (Lipinski definition) is 1. The van der Waals surface area contributed by atoms with Crippen molar-refractivity contribution >= 4 is 0 Å². The molecule has 32 heavy (non-hydrogen) atoms. The quantitative estimate of drug-likeness (QED) is 0.413. The van der Waals surface area contributed by atoms with Crippen molar-refractivity contribution in [3.05, 3.63) is 0 Å². The molecule has 0 aromatic carbocycles. The first kappa shape index (κ1) is 23.7. The van der Waals surface area contributed by atoms with Crippen molar-refractivity contribution in [3.8, 4) is 0 Å². The fraction of sp³-hybridized carbons (Fsp3) is 1.00. The molecule has 0 aromatic heterocycles. The molecule has 5 fully saturated rings. The molecule has 1 aliphatic heterocycles. The van der Waals surface area contributed by atoms with Crippen LogP contribution in [0.4, 0.5) is 0 Å². The van der Waals surface area contributed by atoms with Crippen LogP contribution in [0.5, 0.6) is 0 Å². The van der Waals surface area contributed by atoms with E-state index in [1.807, 2.05) is 0 Å². The van der Waals surface area contributed by atoms with Crippen molar-refractivity contribution in [2.45, 2.75) is 143 Å². The fourth-order valence-electron chi connectivity index (χ4n) is 11.5. The van der Waals surface area contributed by atoms with E-state index in [4.69, 9.17) is 4.74 Å². The zero-order chi connectivity index (χ0) is 23.4. The second-order valence-electron chi connectivity index (χ2n) is 15.3. The van der Waals surface area contributed by atoms with Crippen LogP contribution in [0.2, 0.25) is 0 Å². The molecule has 5 aliphatic rings. The normalized spacial score (nSPS) is 56.7. The van der Waals surface area contributed by atoms with E-state index in [9.17, 15) is 5.11 Å². The van der Waals surface area contributed by atoms with Crippen molar-refractivity contribution in [1.82, 2.24) is 0 Å². The van der Waals surface area contributed by atoms with Crippen LogP contribution >= 0.6 is 0 Å². The number of aliphatic hydroxyl groups excluding tert-OH is 1. The first-order valence-corrected chi connectivity index (χ1v) is 14.1. The van der Waals surface area contributed by atoms with E-state index < -0.39 is 0 Å². The Morgan fingerprint density at radius 1 is 0.562 bits per heavy atom. The standard InChI is InChI=1S/C30H52O2/c1-25(2)15-9-16-27(5)20(25)12-18-29(7)22(27)10-11-23-28(6)17-14-24(31)26(3,4)21(28)13-19-30(23,8)32-29/h20-24,31H,9-19H2,1-8H3/t20-,21-,22+,23+,24-,27-,28-,29+,30+/m0/s1. The Kier molecular flexibility index (Phi) is 5.17. The molecule has 0 aromatic rings. The zero-order valence-electron chi connectivity index (χ0n) is 22.5. The molecule has 9 atom stereocenters. The minimum Gasteiger partial charge on any atom is -0.393 e. The molecule has 4 aliphatic carbocycles. The maximum atomic E-state index is 10.9. The highest BCUT2D eigenvalue weighted by molar-refractivity contribution is 5.15. The van der Waals surface area contributed by atoms with Gasteiger partial charge < -0.3 is 9.84 Å². The number of ether oxygens (including phenoxy) is 1. The van der Waals surface area contributed by atoms with Gasteiger partial charge in [0.05, 0.1) is 17.3 Å². The predicted molar refractivity (Wildman–Crippen MR) is 132 cm³/mol. The van der Waals surface area contributed by atoms with Gasteiger partial charge in [-0.15, -0.1) is 0 Å². The molecule has 1 heterocycles. The molecule has 0 radical (unpaired) electrons. The van der Waals surface area contributed by atoms with Crippen LogP contribution in [0.1, 0.15) is 126 Å². The van der Waals surface area contributed by atoms with Gasteiger partial charge in [0.2, 0.25) is 0 Å². The largest absolute Gasteiger partial charge is 0.393 e. The van der Waals surface area contributed by atoms with Gasteiger partial charge in [-0.05, 0) is 123 Å². The first-order valence-electron chi connectivity index (χ1n) is 14.1. The van der Waals surface area contributed by atoms with Crippen LogP contribution < -0.4 is 0 Å². The molecule has 0 spiro atoms. The van der Waals surface area contributed by atoms with Crippen LogP contribution in [-0.4, -0.2) is 22.4 Å². The molecule has 5 rings (SSSR count). The molecule has 0 amide bonds. The van der Waals surface area contributed by atoms with E-state index in [-0.39, 0.29) is 28.1 Å². The average Bonchev–Trinajstić information content (AvgIpc) is 2.78. The average molecular weight is 445 g/mol. The highest BCUT2D eigenvalue weighted by Gasteiger charge is 2.66. The minimum absolute atomic E-state index is 0.0134. The van der Waals surface area contributed by atoms with Gasteiger partial charge >= 0.3 is 0 Å². The van der Waals surface area contributed by atoms with Gasteiger partial charge in [0.25, 0.3) is 0 Å². The van der Waals surface area contributed by atoms with Crippen molar-refractivity contribution in [1.29, 1.82) is 0 Å². The van der Waals surface area contributed by atoms with Crippen LogP contribution in [-0.2, 0) is 4.74 Å². The van der Waals surface area contributed by atoms with Crippen molar-refractivity contribution in [2.24, 2.45) is 45.3 Å². The summed E-state index contributed by atoms with van der Waals surface area (Å²) in [6.45, 7) is 20.0. The van der Waals surface area contributed by atoms with Crippen molar-refractivity contribution < 1.29 is 9.84 Å². The van der Waals surface area contributed by atoms with Gasteiger partial charge in [0.15, 0.2) is 0 Å². The lowest BCUT2D eigenvalue weighted by molar-refractivity contribution is -0.267. The molecule has 0 bridgehead atoms. The highest BCUT2D eigenvalue weighted by atomic mass is 16.5. The Bertz CT molecular complexity index is 756. The topological polar surface area (TPSA) is 29.5 Å². The molecule has 0 unspecified atom stereocenters. The lowest BCUT2D eigenvalue weighted by Gasteiger charge is -2.64. The summed E-state index contributed by atoms with van der Waals surface area (Å²) in [5, 5.41) is 10.9. The van der Waals surface area contributed by atoms with E-state index in [1.165, 1.54) is 64.2 Å². The van der Waals surface area contributed by atoms with Crippen LogP contribution in [0.15, 0.2) is 0 Å². The predicted octanol–water partition coefficient (Wildman–Crippen LogP) is 7.77. The summed E-state index contributed by atoms with van der Waals surface area (Å²) in [5.74, 6) is 2.73. The molecule has 2 heteroatoms. The zero-order valence-corrected chi connectivity index (χ0v) is 22.5. The Morgan fingerprint density at radius 3 is 1.69 bits per heavy atom. The first-order chi connectivity index (χ1) is 14.7. The summed E-state index contributed by atoms with van der Waals surface area (Å²) < 4.78 is 7.52. The Balaban J connectivity index is 1.52. The monoisotopic (exact) mass is 444 g/mol. The van der Waals surface area contributed by atoms with Crippen LogP contribution in [0, 0.1) is 45.3 Å². The molecule has 4 saturated carbocycles. The molecular weight excluding hydrogens is 392 g/mol. The fourth-order valence-corrected chi connectivity index (χ4v) is 11.5. The van der Waals surface area contributed by atoms with Gasteiger partial charge in [-0.2, -0.15) is 0 Å². The summed E-state index contributed by atoms with van der Waals surface area (Å²) in [6.07, 6.45) is 13.8. The SMILES string of the molecule is CC1(C)CCC[C@]2(C)[C@H]3CC[C@@H]4[C@@]5(C)CC[C@H](O)C(C)(C)[C@@H]5CC[C@@]4(C)O[C@]3(C)CC[C@@H]12. The summed E-state index contributed by atoms with van der Waals surface area (Å²) in [7, 11) is 0. The Labute approximate surface area is 198 Å². The second kappa shape index (κ2) is 6.99. The third kappa shape index (κ3) is 3.03. The third-order valence-electron chi connectivity index (χ3n) is 12.9. The number of hydrogen-bond acceptors (Lipinski definition) is 2. The molecule has 2 nitrogen and oxygen atoms in total. The molecule has 1 N–H and O–H groups in total. The lowest BCUT2D eigenvalue weighted by atomic mass is 9.44. The van der Waals surface area contributed by atoms with Crippen LogP contribution in [0.3, 0.4) is 0 Å². The van der Waals surface area contributed by atoms with Crippen molar-refractivity contribution in [3.63, 3.8) is 0 Å². The number of fused-ring (bicyclic) bond motifs is 6. The summed E-state index contributed by atoms with van der Waals surface area (Å²) in [6, 6.07) is 0. The van der Waals surface area contributed by atoms with Crippen molar-refractivity contribution in [2.75, 3.05) is 0 Å². The highest BCUT2D eigenvalue weighted by Crippen LogP contribution is 2.69. The van der Waals surface area contributed by atoms with E-state index in [1.54, 1.807) is 0 Å². The van der Waals surface area contributed by atoms with Crippen LogP contribution in [0.25, 0.3) is 0 Å². The third-order valence-corrected chi connectivity index (χ3v) is 12.9. The number of rotatable bonds is 0. The second-order valence-corrected chi connectivity index (χ2v) is 15.3. The van der Waals surface area contributed by atoms with E-state index in [0.29, 0.717) is 28.6 Å². The summed E-state index contributed by atoms with van der Waals surface area (Å²) >= 11 is 0. The molecule has 184 valence electrons. The van der Waals surface area contributed by atoms with Gasteiger partial charge in [-0.3, -0.25) is 0 Å². The summed E-state index contributed by atoms with van der Waals surface area (Å²) in [5.41, 5.74) is 1.20. The lowest BCUT2D eigenvalue weighted by Crippen LogP contribution is -2.63. The maximum Gasteiger partial charge on any atom is 0.0695 e. The minimum atomic E-state index is -0.152. The molecule has 1 saturated heterocycles. The van der Waals surface area contributed by atoms with Gasteiger partial charge in [0, 0.05) is 0 Å². The number of aliphatic hydroxyl groups is 1. The maximum absolute atomic E-state index is 10.9. The van der Waals surface area contributed by atoms with Gasteiger partial charge in [-0.25, -0.2) is 0 Å².